The van der Waals surface area contributed by atoms with Crippen LogP contribution < -0.4 is 11.1 Å². The van der Waals surface area contributed by atoms with Gasteiger partial charge >= 0.3 is 0 Å². The molecule has 2 heterocycles. The monoisotopic (exact) mass is 360 g/mol. The predicted molar refractivity (Wildman–Crippen MR) is 111 cm³/mol. The van der Waals surface area contributed by atoms with Gasteiger partial charge in [0.15, 0.2) is 0 Å². The second-order valence-electron chi connectivity index (χ2n) is 6.49. The van der Waals surface area contributed by atoms with Crippen LogP contribution in [0.3, 0.4) is 0 Å². The van der Waals surface area contributed by atoms with Crippen molar-refractivity contribution in [1.82, 2.24) is 20.2 Å². The van der Waals surface area contributed by atoms with Gasteiger partial charge in [-0.25, -0.2) is 4.98 Å². The molecule has 0 aliphatic carbocycles. The third-order valence-electron chi connectivity index (χ3n) is 4.56. The van der Waals surface area contributed by atoms with Gasteiger partial charge in [0.2, 0.25) is 5.95 Å². The molecule has 0 saturated heterocycles. The standard InChI is InChI=1S/C21H24N6/c1-5-16(9-18-14(3)11-24-27-18)12-23-20-10-19(25-21(22)26-20)17-8-6-7-13(2)15(17)4/h5-11H,1,12H2,2-4H3,(H,24,27)(H3,22,23,25,26)/b16-9+. The van der Waals surface area contributed by atoms with Gasteiger partial charge < -0.3 is 11.1 Å². The lowest BCUT2D eigenvalue weighted by molar-refractivity contribution is 1.08. The van der Waals surface area contributed by atoms with Gasteiger partial charge in [-0.1, -0.05) is 30.9 Å². The van der Waals surface area contributed by atoms with Crippen LogP contribution in [0.2, 0.25) is 0 Å². The molecular weight excluding hydrogens is 336 g/mol. The first kappa shape index (κ1) is 18.4. The number of aromatic amines is 1. The van der Waals surface area contributed by atoms with E-state index in [1.165, 1.54) is 11.1 Å². The normalized spacial score (nSPS) is 11.4. The number of aryl methyl sites for hydroxylation is 2. The molecule has 27 heavy (non-hydrogen) atoms. The number of nitrogens with one attached hydrogen (secondary N) is 2. The van der Waals surface area contributed by atoms with Gasteiger partial charge in [0.1, 0.15) is 5.82 Å². The summed E-state index contributed by atoms with van der Waals surface area (Å²) in [5, 5.41) is 10.3. The average Bonchev–Trinajstić information content (AvgIpc) is 3.05. The molecule has 138 valence electrons. The lowest BCUT2D eigenvalue weighted by Crippen LogP contribution is -2.08. The van der Waals surface area contributed by atoms with Crippen molar-refractivity contribution < 1.29 is 0 Å². The fourth-order valence-corrected chi connectivity index (χ4v) is 2.79. The highest BCUT2D eigenvalue weighted by atomic mass is 15.1. The summed E-state index contributed by atoms with van der Waals surface area (Å²) in [7, 11) is 0. The first-order valence-electron chi connectivity index (χ1n) is 8.76. The Bertz CT molecular complexity index is 1000. The van der Waals surface area contributed by atoms with Gasteiger partial charge in [0.05, 0.1) is 17.6 Å². The summed E-state index contributed by atoms with van der Waals surface area (Å²) in [5.74, 6) is 0.914. The Labute approximate surface area is 159 Å². The van der Waals surface area contributed by atoms with Crippen LogP contribution in [0, 0.1) is 20.8 Å². The number of hydrogen-bond acceptors (Lipinski definition) is 5. The van der Waals surface area contributed by atoms with Crippen molar-refractivity contribution in [2.24, 2.45) is 0 Å². The van der Waals surface area contributed by atoms with Gasteiger partial charge in [-0.15, -0.1) is 0 Å². The maximum atomic E-state index is 5.94. The van der Waals surface area contributed by atoms with Gasteiger partial charge in [-0.3, -0.25) is 5.10 Å². The van der Waals surface area contributed by atoms with Crippen LogP contribution in [0.1, 0.15) is 22.4 Å². The number of benzene rings is 1. The summed E-state index contributed by atoms with van der Waals surface area (Å²) >= 11 is 0. The fraction of sp³-hybridized carbons (Fsp3) is 0.190. The SMILES string of the molecule is C=C/C(=C\c1[nH]ncc1C)CNc1cc(-c2cccc(C)c2C)nc(N)n1. The van der Waals surface area contributed by atoms with E-state index in [-0.39, 0.29) is 5.95 Å². The molecule has 0 saturated carbocycles. The minimum Gasteiger partial charge on any atom is -0.368 e. The highest BCUT2D eigenvalue weighted by Crippen LogP contribution is 2.26. The smallest absolute Gasteiger partial charge is 0.222 e. The molecule has 0 amide bonds. The van der Waals surface area contributed by atoms with Crippen molar-refractivity contribution in [3.8, 4) is 11.3 Å². The van der Waals surface area contributed by atoms with Crippen molar-refractivity contribution in [3.05, 3.63) is 71.1 Å². The Morgan fingerprint density at radius 3 is 2.74 bits per heavy atom. The molecule has 4 N–H and O–H groups in total. The van der Waals surface area contributed by atoms with E-state index in [9.17, 15) is 0 Å². The van der Waals surface area contributed by atoms with E-state index in [2.05, 4.69) is 52.0 Å². The summed E-state index contributed by atoms with van der Waals surface area (Å²) in [4.78, 5) is 8.71. The zero-order valence-electron chi connectivity index (χ0n) is 15.9. The average molecular weight is 360 g/mol. The minimum absolute atomic E-state index is 0.240. The van der Waals surface area contributed by atoms with E-state index in [4.69, 9.17) is 5.73 Å². The molecule has 0 radical (unpaired) electrons. The first-order chi connectivity index (χ1) is 13.0. The quantitative estimate of drug-likeness (QED) is 0.577. The van der Waals surface area contributed by atoms with Gasteiger partial charge in [-0.2, -0.15) is 10.1 Å². The highest BCUT2D eigenvalue weighted by molar-refractivity contribution is 5.68. The molecule has 0 atom stereocenters. The van der Waals surface area contributed by atoms with Crippen molar-refractivity contribution in [3.63, 3.8) is 0 Å². The van der Waals surface area contributed by atoms with E-state index >= 15 is 0 Å². The molecule has 3 rings (SSSR count). The lowest BCUT2D eigenvalue weighted by atomic mass is 10.0. The van der Waals surface area contributed by atoms with E-state index in [1.807, 2.05) is 37.3 Å². The third kappa shape index (κ3) is 4.23. The topological polar surface area (TPSA) is 92.5 Å². The summed E-state index contributed by atoms with van der Waals surface area (Å²) in [6.07, 6.45) is 5.61. The molecule has 0 aliphatic rings. The second-order valence-corrected chi connectivity index (χ2v) is 6.49. The highest BCUT2D eigenvalue weighted by Gasteiger charge is 2.09. The third-order valence-corrected chi connectivity index (χ3v) is 4.56. The molecule has 3 aromatic rings. The summed E-state index contributed by atoms with van der Waals surface area (Å²) in [5.41, 5.74) is 13.3. The summed E-state index contributed by atoms with van der Waals surface area (Å²) in [6.45, 7) is 10.6. The zero-order chi connectivity index (χ0) is 19.4. The van der Waals surface area contributed by atoms with E-state index in [0.717, 1.165) is 28.1 Å². The largest absolute Gasteiger partial charge is 0.368 e. The van der Waals surface area contributed by atoms with Crippen LogP contribution in [0.5, 0.6) is 0 Å². The van der Waals surface area contributed by atoms with E-state index in [0.29, 0.717) is 12.4 Å². The molecule has 6 heteroatoms. The van der Waals surface area contributed by atoms with Crippen LogP contribution >= 0.6 is 0 Å². The molecule has 2 aromatic heterocycles. The minimum atomic E-state index is 0.240. The Kier molecular flexibility index (Phi) is 5.35. The summed E-state index contributed by atoms with van der Waals surface area (Å²) in [6, 6.07) is 8.07. The predicted octanol–water partition coefficient (Wildman–Crippen LogP) is 4.06. The van der Waals surface area contributed by atoms with Gasteiger partial charge in [0.25, 0.3) is 0 Å². The van der Waals surface area contributed by atoms with E-state index < -0.39 is 0 Å². The number of aromatic nitrogens is 4. The van der Waals surface area contributed by atoms with Crippen LogP contribution in [-0.4, -0.2) is 26.7 Å². The van der Waals surface area contributed by atoms with E-state index in [1.54, 1.807) is 6.20 Å². The summed E-state index contributed by atoms with van der Waals surface area (Å²) < 4.78 is 0. The van der Waals surface area contributed by atoms with Crippen LogP contribution in [0.15, 0.2) is 48.7 Å². The number of rotatable bonds is 6. The van der Waals surface area contributed by atoms with Crippen LogP contribution in [0.25, 0.3) is 17.3 Å². The molecule has 0 bridgehead atoms. The van der Waals surface area contributed by atoms with Gasteiger partial charge in [0, 0.05) is 18.2 Å². The van der Waals surface area contributed by atoms with Crippen LogP contribution in [0.4, 0.5) is 11.8 Å². The molecule has 6 nitrogen and oxygen atoms in total. The number of hydrogen-bond donors (Lipinski definition) is 3. The number of H-pyrrole nitrogens is 1. The number of nitrogens with two attached hydrogens (primary N) is 1. The Balaban J connectivity index is 1.84. The van der Waals surface area contributed by atoms with Crippen molar-refractivity contribution in [2.75, 3.05) is 17.6 Å². The molecule has 0 fully saturated rings. The van der Waals surface area contributed by atoms with Crippen molar-refractivity contribution >= 4 is 17.8 Å². The molecule has 0 spiro atoms. The Hall–Kier alpha value is -3.41. The fourth-order valence-electron chi connectivity index (χ4n) is 2.79. The van der Waals surface area contributed by atoms with Crippen LogP contribution in [-0.2, 0) is 0 Å². The number of nitrogen functional groups attached to an aromatic ring is 1. The molecular formula is C21H24N6. The molecule has 0 unspecified atom stereocenters. The number of nitrogens with zero attached hydrogens (tertiary/aromatic N) is 3. The molecule has 0 aliphatic heterocycles. The van der Waals surface area contributed by atoms with Gasteiger partial charge in [-0.05, 0) is 49.1 Å². The first-order valence-corrected chi connectivity index (χ1v) is 8.76. The lowest BCUT2D eigenvalue weighted by Gasteiger charge is -2.12. The van der Waals surface area contributed by atoms with Crippen molar-refractivity contribution in [1.29, 1.82) is 0 Å². The zero-order valence-corrected chi connectivity index (χ0v) is 15.9. The molecule has 1 aromatic carbocycles. The maximum absolute atomic E-state index is 5.94. The Morgan fingerprint density at radius 2 is 2.04 bits per heavy atom. The second kappa shape index (κ2) is 7.86. The number of anilines is 2. The maximum Gasteiger partial charge on any atom is 0.222 e. The Morgan fingerprint density at radius 1 is 1.22 bits per heavy atom. The van der Waals surface area contributed by atoms with Crippen molar-refractivity contribution in [2.45, 2.75) is 20.8 Å².